The van der Waals surface area contributed by atoms with Gasteiger partial charge in [0, 0.05) is 6.04 Å². The number of aryl methyl sites for hydroxylation is 1. The second-order valence-corrected chi connectivity index (χ2v) is 10.5. The number of rotatable bonds is 9. The molecular weight excluding hydrogens is 472 g/mol. The van der Waals surface area contributed by atoms with E-state index in [2.05, 4.69) is 25.5 Å². The van der Waals surface area contributed by atoms with Crippen LogP contribution in [0.1, 0.15) is 37.8 Å². The monoisotopic (exact) mass is 496 g/mol. The highest BCUT2D eigenvalue weighted by molar-refractivity contribution is 7.99. The fraction of sp³-hybridized carbons (Fsp3) is 0.348. The summed E-state index contributed by atoms with van der Waals surface area (Å²) < 4.78 is 2.08. The summed E-state index contributed by atoms with van der Waals surface area (Å²) in [5.74, 6) is -0.104. The fourth-order valence-corrected chi connectivity index (χ4v) is 5.40. The summed E-state index contributed by atoms with van der Waals surface area (Å²) in [5, 5.41) is 14.8. The van der Waals surface area contributed by atoms with Crippen molar-refractivity contribution in [2.45, 2.75) is 49.3 Å². The summed E-state index contributed by atoms with van der Waals surface area (Å²) in [6, 6.07) is 13.4. The number of hydrogen-bond donors (Lipinski definition) is 2. The average molecular weight is 497 g/mol. The van der Waals surface area contributed by atoms with E-state index >= 15 is 0 Å². The van der Waals surface area contributed by atoms with Gasteiger partial charge in [-0.05, 0) is 49.6 Å². The Kier molecular flexibility index (Phi) is 6.13. The standard InChI is InChI=1S/C23H24N6O3S2/c1-23(12-11-15-6-3-2-4-7-15)20(31)29(21(32)24-23)27-18(30)14-34-22-26-25-19(17-8-5-13-33-17)28(22)16-9-10-16/h2-8,13,16H,9-12,14H2,1H3,(H,24,32)(H,27,30)/t23-/m0/s1. The predicted octanol–water partition coefficient (Wildman–Crippen LogP) is 3.41. The third kappa shape index (κ3) is 4.58. The summed E-state index contributed by atoms with van der Waals surface area (Å²) in [7, 11) is 0. The number of hydrazine groups is 1. The van der Waals surface area contributed by atoms with E-state index in [0.29, 0.717) is 24.0 Å². The molecule has 176 valence electrons. The molecule has 0 bridgehead atoms. The van der Waals surface area contributed by atoms with Crippen LogP contribution in [-0.4, -0.2) is 48.9 Å². The van der Waals surface area contributed by atoms with Gasteiger partial charge < -0.3 is 5.32 Å². The van der Waals surface area contributed by atoms with Crippen LogP contribution >= 0.6 is 23.1 Å². The molecule has 2 aromatic heterocycles. The first kappa shape index (κ1) is 22.6. The van der Waals surface area contributed by atoms with E-state index in [9.17, 15) is 14.4 Å². The molecule has 3 heterocycles. The number of carbonyl (C=O) groups excluding carboxylic acids is 3. The SMILES string of the molecule is C[C@@]1(CCc2ccccc2)NC(=O)N(NC(=O)CSc2nnc(-c3cccs3)n2C2CC2)C1=O. The van der Waals surface area contributed by atoms with Crippen molar-refractivity contribution in [3.05, 3.63) is 53.4 Å². The molecule has 0 radical (unpaired) electrons. The number of aromatic nitrogens is 3. The van der Waals surface area contributed by atoms with Crippen LogP contribution in [0.25, 0.3) is 10.7 Å². The van der Waals surface area contributed by atoms with Crippen molar-refractivity contribution < 1.29 is 14.4 Å². The zero-order chi connectivity index (χ0) is 23.7. The van der Waals surface area contributed by atoms with Gasteiger partial charge in [0.15, 0.2) is 11.0 Å². The smallest absolute Gasteiger partial charge is 0.322 e. The number of urea groups is 1. The number of nitrogens with one attached hydrogen (secondary N) is 2. The van der Waals surface area contributed by atoms with E-state index < -0.39 is 23.4 Å². The number of thioether (sulfide) groups is 1. The van der Waals surface area contributed by atoms with Gasteiger partial charge in [0.2, 0.25) is 5.91 Å². The van der Waals surface area contributed by atoms with Gasteiger partial charge in [0.25, 0.3) is 5.91 Å². The number of hydrogen-bond acceptors (Lipinski definition) is 7. The molecular formula is C23H24N6O3S2. The molecule has 34 heavy (non-hydrogen) atoms. The maximum absolute atomic E-state index is 13.0. The van der Waals surface area contributed by atoms with Crippen molar-refractivity contribution in [2.24, 2.45) is 0 Å². The minimum absolute atomic E-state index is 0.00703. The number of thiophene rings is 1. The van der Waals surface area contributed by atoms with Crippen molar-refractivity contribution in [1.29, 1.82) is 0 Å². The normalized spacial score (nSPS) is 20.0. The van der Waals surface area contributed by atoms with Crippen LogP contribution in [0.5, 0.6) is 0 Å². The molecule has 3 aromatic rings. The van der Waals surface area contributed by atoms with Crippen LogP contribution in [0.2, 0.25) is 0 Å². The van der Waals surface area contributed by atoms with Crippen molar-refractivity contribution in [3.8, 4) is 10.7 Å². The molecule has 1 saturated heterocycles. The summed E-state index contributed by atoms with van der Waals surface area (Å²) in [6.45, 7) is 1.68. The fourth-order valence-electron chi connectivity index (χ4n) is 3.89. The third-order valence-electron chi connectivity index (χ3n) is 5.90. The Morgan fingerprint density at radius 1 is 1.21 bits per heavy atom. The zero-order valence-electron chi connectivity index (χ0n) is 18.6. The third-order valence-corrected chi connectivity index (χ3v) is 7.71. The van der Waals surface area contributed by atoms with Crippen LogP contribution in [0.15, 0.2) is 53.0 Å². The molecule has 11 heteroatoms. The highest BCUT2D eigenvalue weighted by Crippen LogP contribution is 2.41. The Hall–Kier alpha value is -3.18. The van der Waals surface area contributed by atoms with E-state index in [1.165, 1.54) is 11.8 Å². The topological polar surface area (TPSA) is 109 Å². The highest BCUT2D eigenvalue weighted by Gasteiger charge is 2.48. The summed E-state index contributed by atoms with van der Waals surface area (Å²) >= 11 is 2.84. The van der Waals surface area contributed by atoms with Gasteiger partial charge in [0.1, 0.15) is 5.54 Å². The first-order chi connectivity index (χ1) is 16.4. The minimum atomic E-state index is -1.07. The van der Waals surface area contributed by atoms with Gasteiger partial charge in [-0.25, -0.2) is 4.79 Å². The largest absolute Gasteiger partial charge is 0.344 e. The van der Waals surface area contributed by atoms with Gasteiger partial charge in [-0.2, -0.15) is 5.01 Å². The number of carbonyl (C=O) groups is 3. The Bertz CT molecular complexity index is 1210. The summed E-state index contributed by atoms with van der Waals surface area (Å²) in [5.41, 5.74) is 2.46. The maximum Gasteiger partial charge on any atom is 0.344 e. The lowest BCUT2D eigenvalue weighted by Crippen LogP contribution is -2.49. The minimum Gasteiger partial charge on any atom is -0.322 e. The second kappa shape index (κ2) is 9.22. The molecule has 2 fully saturated rings. The molecule has 0 unspecified atom stereocenters. The van der Waals surface area contributed by atoms with Gasteiger partial charge in [-0.1, -0.05) is 48.2 Å². The second-order valence-electron chi connectivity index (χ2n) is 8.60. The van der Waals surface area contributed by atoms with Gasteiger partial charge in [-0.3, -0.25) is 19.6 Å². The Labute approximate surface area is 204 Å². The van der Waals surface area contributed by atoms with E-state index in [1.807, 2.05) is 47.8 Å². The number of nitrogens with zero attached hydrogens (tertiary/aromatic N) is 4. The van der Waals surface area contributed by atoms with E-state index in [-0.39, 0.29) is 5.75 Å². The first-order valence-electron chi connectivity index (χ1n) is 11.1. The first-order valence-corrected chi connectivity index (χ1v) is 12.9. The van der Waals surface area contributed by atoms with Crippen molar-refractivity contribution in [2.75, 3.05) is 5.75 Å². The average Bonchev–Trinajstić information content (AvgIpc) is 3.27. The molecule has 1 saturated carbocycles. The zero-order valence-corrected chi connectivity index (χ0v) is 20.2. The Morgan fingerprint density at radius 3 is 2.71 bits per heavy atom. The Balaban J connectivity index is 1.20. The van der Waals surface area contributed by atoms with Gasteiger partial charge in [0.05, 0.1) is 10.6 Å². The molecule has 2 N–H and O–H groups in total. The lowest BCUT2D eigenvalue weighted by Gasteiger charge is -2.21. The number of imide groups is 1. The summed E-state index contributed by atoms with van der Waals surface area (Å²) in [4.78, 5) is 39.1. The molecule has 4 amide bonds. The molecule has 1 aliphatic carbocycles. The molecule has 1 aliphatic heterocycles. The maximum atomic E-state index is 13.0. The quantitative estimate of drug-likeness (QED) is 0.347. The van der Waals surface area contributed by atoms with Crippen molar-refractivity contribution in [1.82, 2.24) is 30.5 Å². The van der Waals surface area contributed by atoms with Crippen LogP contribution in [0.3, 0.4) is 0 Å². The Morgan fingerprint density at radius 2 is 2.00 bits per heavy atom. The van der Waals surface area contributed by atoms with E-state index in [1.54, 1.807) is 18.3 Å². The molecule has 1 aromatic carbocycles. The predicted molar refractivity (Wildman–Crippen MR) is 129 cm³/mol. The number of benzene rings is 1. The lowest BCUT2D eigenvalue weighted by atomic mass is 9.93. The van der Waals surface area contributed by atoms with E-state index in [0.717, 1.165) is 34.1 Å². The molecule has 5 rings (SSSR count). The van der Waals surface area contributed by atoms with Crippen molar-refractivity contribution in [3.63, 3.8) is 0 Å². The van der Waals surface area contributed by atoms with Crippen molar-refractivity contribution >= 4 is 40.9 Å². The molecule has 2 aliphatic rings. The summed E-state index contributed by atoms with van der Waals surface area (Å²) in [6.07, 6.45) is 3.17. The highest BCUT2D eigenvalue weighted by atomic mass is 32.2. The van der Waals surface area contributed by atoms with Crippen LogP contribution in [0.4, 0.5) is 4.79 Å². The van der Waals surface area contributed by atoms with E-state index in [4.69, 9.17) is 0 Å². The lowest BCUT2D eigenvalue weighted by molar-refractivity contribution is -0.138. The van der Waals surface area contributed by atoms with Crippen LogP contribution < -0.4 is 10.7 Å². The molecule has 1 atom stereocenters. The van der Waals surface area contributed by atoms with Gasteiger partial charge >= 0.3 is 6.03 Å². The van der Waals surface area contributed by atoms with Gasteiger partial charge in [-0.15, -0.1) is 21.5 Å². The van der Waals surface area contributed by atoms with Crippen LogP contribution in [0, 0.1) is 0 Å². The molecule has 9 nitrogen and oxygen atoms in total. The molecule has 0 spiro atoms. The van der Waals surface area contributed by atoms with Crippen LogP contribution in [-0.2, 0) is 16.0 Å². The number of amides is 4.